The lowest BCUT2D eigenvalue weighted by Crippen LogP contribution is -2.23. The van der Waals surface area contributed by atoms with Crippen molar-refractivity contribution >= 4 is 11.3 Å². The van der Waals surface area contributed by atoms with Gasteiger partial charge < -0.3 is 4.98 Å². The number of aromatic amines is 1. The van der Waals surface area contributed by atoms with Gasteiger partial charge in [-0.2, -0.15) is 0 Å². The van der Waals surface area contributed by atoms with E-state index in [1.165, 1.54) is 0 Å². The minimum absolute atomic E-state index is 0.207. The predicted octanol–water partition coefficient (Wildman–Crippen LogP) is 2.28. The minimum atomic E-state index is 0.207. The van der Waals surface area contributed by atoms with Crippen LogP contribution in [0.5, 0.6) is 0 Å². The molecule has 15 heavy (non-hydrogen) atoms. The van der Waals surface area contributed by atoms with Crippen LogP contribution >= 0.6 is 11.3 Å². The first-order valence-corrected chi connectivity index (χ1v) is 5.80. The third-order valence-corrected chi connectivity index (χ3v) is 3.21. The molecule has 2 aromatic rings. The van der Waals surface area contributed by atoms with Crippen LogP contribution in [0.4, 0.5) is 0 Å². The van der Waals surface area contributed by atoms with Crippen LogP contribution in [0.15, 0.2) is 24.0 Å². The van der Waals surface area contributed by atoms with Crippen LogP contribution in [-0.4, -0.2) is 15.0 Å². The molecular weight excluding hydrogens is 208 g/mol. The minimum Gasteiger partial charge on any atom is -0.347 e. The number of aromatic nitrogens is 3. The Morgan fingerprint density at radius 3 is 2.73 bits per heavy atom. The Balaban J connectivity index is 1.98. The fourth-order valence-corrected chi connectivity index (χ4v) is 2.14. The van der Waals surface area contributed by atoms with Crippen LogP contribution in [0.3, 0.4) is 0 Å². The Bertz CT molecular complexity index is 343. The second-order valence-electron chi connectivity index (χ2n) is 3.45. The van der Waals surface area contributed by atoms with E-state index < -0.39 is 0 Å². The molecule has 5 heteroatoms. The molecule has 2 heterocycles. The molecular formula is C10H14N4S. The van der Waals surface area contributed by atoms with E-state index in [-0.39, 0.29) is 12.1 Å². The van der Waals surface area contributed by atoms with Crippen molar-refractivity contribution in [2.75, 3.05) is 0 Å². The molecule has 0 radical (unpaired) electrons. The van der Waals surface area contributed by atoms with E-state index >= 15 is 0 Å². The molecule has 2 atom stereocenters. The largest absolute Gasteiger partial charge is 0.347 e. The third-order valence-electron chi connectivity index (χ3n) is 2.25. The van der Waals surface area contributed by atoms with Crippen LogP contribution in [-0.2, 0) is 0 Å². The van der Waals surface area contributed by atoms with Crippen LogP contribution in [0, 0.1) is 0 Å². The molecule has 0 saturated heterocycles. The van der Waals surface area contributed by atoms with E-state index in [1.54, 1.807) is 17.5 Å². The first-order valence-electron chi connectivity index (χ1n) is 4.92. The molecule has 0 bridgehead atoms. The molecule has 0 spiro atoms. The van der Waals surface area contributed by atoms with Crippen molar-refractivity contribution in [1.29, 1.82) is 0 Å². The summed E-state index contributed by atoms with van der Waals surface area (Å²) in [5.74, 6) is 0.957. The summed E-state index contributed by atoms with van der Waals surface area (Å²) in [7, 11) is 0. The maximum Gasteiger partial charge on any atom is 0.122 e. The molecule has 2 unspecified atom stereocenters. The van der Waals surface area contributed by atoms with Gasteiger partial charge in [-0.05, 0) is 13.8 Å². The summed E-state index contributed by atoms with van der Waals surface area (Å²) in [6.45, 7) is 4.20. The van der Waals surface area contributed by atoms with Gasteiger partial charge in [0.25, 0.3) is 0 Å². The van der Waals surface area contributed by atoms with Crippen molar-refractivity contribution < 1.29 is 0 Å². The molecule has 0 aliphatic carbocycles. The number of hydrogen-bond acceptors (Lipinski definition) is 4. The van der Waals surface area contributed by atoms with Gasteiger partial charge in [0.15, 0.2) is 0 Å². The summed E-state index contributed by atoms with van der Waals surface area (Å²) in [6, 6.07) is 0.462. The van der Waals surface area contributed by atoms with E-state index in [0.717, 1.165) is 10.8 Å². The van der Waals surface area contributed by atoms with Crippen LogP contribution < -0.4 is 5.32 Å². The zero-order valence-corrected chi connectivity index (χ0v) is 9.58. The molecule has 80 valence electrons. The first-order chi connectivity index (χ1) is 7.27. The number of imidazole rings is 1. The maximum atomic E-state index is 4.28. The molecule has 0 aliphatic rings. The summed E-state index contributed by atoms with van der Waals surface area (Å²) < 4.78 is 0. The van der Waals surface area contributed by atoms with Gasteiger partial charge in [-0.15, -0.1) is 11.3 Å². The summed E-state index contributed by atoms with van der Waals surface area (Å²) in [5.41, 5.74) is 0. The molecule has 0 saturated carbocycles. The number of nitrogens with one attached hydrogen (secondary N) is 2. The SMILES string of the molecule is CC(NC(C)c1nccs1)c1ncc[nH]1. The van der Waals surface area contributed by atoms with Crippen LogP contribution in [0.1, 0.15) is 36.8 Å². The fraction of sp³-hybridized carbons (Fsp3) is 0.400. The number of thiazole rings is 1. The van der Waals surface area contributed by atoms with E-state index in [4.69, 9.17) is 0 Å². The summed E-state index contributed by atoms with van der Waals surface area (Å²) in [6.07, 6.45) is 5.43. The lowest BCUT2D eigenvalue weighted by molar-refractivity contribution is 0.478. The van der Waals surface area contributed by atoms with E-state index in [1.807, 2.05) is 17.8 Å². The molecule has 0 aliphatic heterocycles. The Morgan fingerprint density at radius 1 is 1.27 bits per heavy atom. The Morgan fingerprint density at radius 2 is 2.13 bits per heavy atom. The number of hydrogen-bond donors (Lipinski definition) is 2. The normalized spacial score (nSPS) is 15.1. The summed E-state index contributed by atoms with van der Waals surface area (Å²) in [4.78, 5) is 11.6. The fourth-order valence-electron chi connectivity index (χ4n) is 1.49. The number of H-pyrrole nitrogens is 1. The second-order valence-corrected chi connectivity index (χ2v) is 4.38. The van der Waals surface area contributed by atoms with Gasteiger partial charge in [0.2, 0.25) is 0 Å². The summed E-state index contributed by atoms with van der Waals surface area (Å²) in [5, 5.41) is 6.53. The standard InChI is InChI=1S/C10H14N4S/c1-7(9-11-3-4-12-9)14-8(2)10-13-5-6-15-10/h3-8,14H,1-2H3,(H,11,12). The lowest BCUT2D eigenvalue weighted by Gasteiger charge is -2.16. The van der Waals surface area contributed by atoms with Gasteiger partial charge in [-0.25, -0.2) is 9.97 Å². The van der Waals surface area contributed by atoms with E-state index in [2.05, 4.69) is 34.1 Å². The highest BCUT2D eigenvalue weighted by Crippen LogP contribution is 2.18. The predicted molar refractivity (Wildman–Crippen MR) is 60.7 cm³/mol. The number of rotatable bonds is 4. The van der Waals surface area contributed by atoms with Gasteiger partial charge in [0.1, 0.15) is 10.8 Å². The smallest absolute Gasteiger partial charge is 0.122 e. The topological polar surface area (TPSA) is 53.6 Å². The van der Waals surface area contributed by atoms with Crippen molar-refractivity contribution in [2.45, 2.75) is 25.9 Å². The average Bonchev–Trinajstić information content (AvgIpc) is 2.91. The first kappa shape index (κ1) is 10.3. The summed E-state index contributed by atoms with van der Waals surface area (Å²) >= 11 is 1.67. The van der Waals surface area contributed by atoms with Crippen molar-refractivity contribution in [1.82, 2.24) is 20.3 Å². The average molecular weight is 222 g/mol. The van der Waals surface area contributed by atoms with Crippen molar-refractivity contribution in [3.05, 3.63) is 34.8 Å². The Kier molecular flexibility index (Phi) is 3.13. The maximum absolute atomic E-state index is 4.28. The molecule has 2 rings (SSSR count). The van der Waals surface area contributed by atoms with Crippen molar-refractivity contribution in [3.8, 4) is 0 Å². The van der Waals surface area contributed by atoms with Crippen molar-refractivity contribution in [3.63, 3.8) is 0 Å². The van der Waals surface area contributed by atoms with Gasteiger partial charge >= 0.3 is 0 Å². The molecule has 2 N–H and O–H groups in total. The van der Waals surface area contributed by atoms with Crippen LogP contribution in [0.2, 0.25) is 0 Å². The van der Waals surface area contributed by atoms with Crippen molar-refractivity contribution in [2.24, 2.45) is 0 Å². The monoisotopic (exact) mass is 222 g/mol. The molecule has 4 nitrogen and oxygen atoms in total. The zero-order valence-electron chi connectivity index (χ0n) is 8.77. The van der Waals surface area contributed by atoms with E-state index in [0.29, 0.717) is 0 Å². The highest BCUT2D eigenvalue weighted by Gasteiger charge is 2.13. The third kappa shape index (κ3) is 2.43. The molecule has 2 aromatic heterocycles. The molecule has 0 fully saturated rings. The molecule has 0 amide bonds. The highest BCUT2D eigenvalue weighted by atomic mass is 32.1. The Labute approximate surface area is 92.8 Å². The van der Waals surface area contributed by atoms with Gasteiger partial charge in [0, 0.05) is 24.0 Å². The van der Waals surface area contributed by atoms with Gasteiger partial charge in [0.05, 0.1) is 12.1 Å². The Hall–Kier alpha value is -1.20. The van der Waals surface area contributed by atoms with Gasteiger partial charge in [-0.3, -0.25) is 5.32 Å². The second kappa shape index (κ2) is 4.55. The van der Waals surface area contributed by atoms with Crippen LogP contribution in [0.25, 0.3) is 0 Å². The lowest BCUT2D eigenvalue weighted by atomic mass is 10.2. The quantitative estimate of drug-likeness (QED) is 0.834. The molecule has 0 aromatic carbocycles. The zero-order chi connectivity index (χ0) is 10.7. The van der Waals surface area contributed by atoms with E-state index in [9.17, 15) is 0 Å². The number of nitrogens with zero attached hydrogens (tertiary/aromatic N) is 2. The highest BCUT2D eigenvalue weighted by molar-refractivity contribution is 7.09. The van der Waals surface area contributed by atoms with Gasteiger partial charge in [-0.1, -0.05) is 0 Å².